The molecule has 84 valence electrons. The minimum atomic E-state index is 0.639. The third kappa shape index (κ3) is 3.56. The summed E-state index contributed by atoms with van der Waals surface area (Å²) in [4.78, 5) is 2.52. The van der Waals surface area contributed by atoms with E-state index in [9.17, 15) is 0 Å². The molecule has 0 aromatic heterocycles. The Morgan fingerprint density at radius 3 is 3.00 bits per heavy atom. The highest BCUT2D eigenvalue weighted by molar-refractivity contribution is 4.79. The van der Waals surface area contributed by atoms with Gasteiger partial charge in [-0.25, -0.2) is 0 Å². The molecule has 0 aromatic rings. The number of piperidine rings is 1. The fourth-order valence-corrected chi connectivity index (χ4v) is 2.16. The van der Waals surface area contributed by atoms with Crippen molar-refractivity contribution >= 4 is 0 Å². The molecule has 1 rings (SSSR count). The number of methoxy groups -OCH3 is 1. The van der Waals surface area contributed by atoms with Gasteiger partial charge >= 0.3 is 0 Å². The fourth-order valence-electron chi connectivity index (χ4n) is 2.16. The number of ether oxygens (including phenoxy) is 1. The van der Waals surface area contributed by atoms with E-state index in [1.807, 2.05) is 0 Å². The Morgan fingerprint density at radius 2 is 2.36 bits per heavy atom. The summed E-state index contributed by atoms with van der Waals surface area (Å²) in [5.74, 6) is 0.811. The molecule has 0 bridgehead atoms. The lowest BCUT2D eigenvalue weighted by Gasteiger charge is -2.35. The van der Waals surface area contributed by atoms with Gasteiger partial charge in [0.15, 0.2) is 0 Å². The van der Waals surface area contributed by atoms with Gasteiger partial charge in [-0.1, -0.05) is 0 Å². The number of hydrogen-bond acceptors (Lipinski definition) is 3. The zero-order chi connectivity index (χ0) is 10.4. The van der Waals surface area contributed by atoms with Crippen molar-refractivity contribution in [2.75, 3.05) is 40.4 Å². The predicted molar refractivity (Wildman–Crippen MR) is 59.6 cm³/mol. The quantitative estimate of drug-likeness (QED) is 0.715. The molecule has 0 spiro atoms. The maximum atomic E-state index is 5.11. The van der Waals surface area contributed by atoms with Gasteiger partial charge in [0.25, 0.3) is 0 Å². The van der Waals surface area contributed by atoms with E-state index < -0.39 is 0 Å². The minimum Gasteiger partial charge on any atom is -0.383 e. The predicted octanol–water partition coefficient (Wildman–Crippen LogP) is 0.953. The first-order chi connectivity index (χ1) is 6.77. The largest absolute Gasteiger partial charge is 0.383 e. The Hall–Kier alpha value is -0.120. The van der Waals surface area contributed by atoms with Crippen LogP contribution < -0.4 is 5.32 Å². The zero-order valence-electron chi connectivity index (χ0n) is 9.75. The minimum absolute atomic E-state index is 0.639. The summed E-state index contributed by atoms with van der Waals surface area (Å²) >= 11 is 0. The molecule has 0 radical (unpaired) electrons. The van der Waals surface area contributed by atoms with Crippen LogP contribution in [0, 0.1) is 5.92 Å². The number of nitrogens with zero attached hydrogens (tertiary/aromatic N) is 1. The monoisotopic (exact) mass is 200 g/mol. The molecule has 1 aliphatic rings. The maximum Gasteiger partial charge on any atom is 0.0589 e. The molecular formula is C11H24N2O. The second-order valence-electron chi connectivity index (χ2n) is 4.27. The highest BCUT2D eigenvalue weighted by atomic mass is 16.5. The second-order valence-corrected chi connectivity index (χ2v) is 4.27. The van der Waals surface area contributed by atoms with Crippen LogP contribution in [0.2, 0.25) is 0 Å². The average molecular weight is 200 g/mol. The van der Waals surface area contributed by atoms with E-state index in [1.165, 1.54) is 25.9 Å². The summed E-state index contributed by atoms with van der Waals surface area (Å²) < 4.78 is 5.11. The Labute approximate surface area is 87.8 Å². The van der Waals surface area contributed by atoms with Gasteiger partial charge in [0, 0.05) is 26.2 Å². The van der Waals surface area contributed by atoms with Crippen LogP contribution in [-0.4, -0.2) is 51.3 Å². The molecule has 1 fully saturated rings. The fraction of sp³-hybridized carbons (Fsp3) is 1.00. The Kier molecular flexibility index (Phi) is 5.45. The summed E-state index contributed by atoms with van der Waals surface area (Å²) in [6, 6.07) is 0.639. The topological polar surface area (TPSA) is 24.5 Å². The van der Waals surface area contributed by atoms with Crippen molar-refractivity contribution in [1.29, 1.82) is 0 Å². The van der Waals surface area contributed by atoms with Gasteiger partial charge in [0.1, 0.15) is 0 Å². The Morgan fingerprint density at radius 1 is 1.57 bits per heavy atom. The highest BCUT2D eigenvalue weighted by Crippen LogP contribution is 2.19. The van der Waals surface area contributed by atoms with Crippen molar-refractivity contribution in [3.05, 3.63) is 0 Å². The molecule has 1 aliphatic heterocycles. The second kappa shape index (κ2) is 6.38. The maximum absolute atomic E-state index is 5.11. The van der Waals surface area contributed by atoms with Crippen LogP contribution in [-0.2, 0) is 4.74 Å². The summed E-state index contributed by atoms with van der Waals surface area (Å²) in [6.45, 7) is 6.70. The Bertz CT molecular complexity index is 152. The van der Waals surface area contributed by atoms with Crippen LogP contribution in [0.15, 0.2) is 0 Å². The molecule has 14 heavy (non-hydrogen) atoms. The molecule has 0 aromatic carbocycles. The molecule has 0 amide bonds. The number of rotatable bonds is 5. The standard InChI is InChI=1S/C11H24N2O/c1-10(12-2)11-5-4-6-13(9-11)7-8-14-3/h10-12H,4-9H2,1-3H3. The van der Waals surface area contributed by atoms with Gasteiger partial charge in [-0.15, -0.1) is 0 Å². The first-order valence-electron chi connectivity index (χ1n) is 5.66. The zero-order valence-corrected chi connectivity index (χ0v) is 9.75. The average Bonchev–Trinajstić information content (AvgIpc) is 2.25. The van der Waals surface area contributed by atoms with E-state index >= 15 is 0 Å². The summed E-state index contributed by atoms with van der Waals surface area (Å²) in [7, 11) is 3.83. The molecule has 1 heterocycles. The van der Waals surface area contributed by atoms with E-state index in [2.05, 4.69) is 24.2 Å². The molecule has 0 saturated carbocycles. The van der Waals surface area contributed by atoms with E-state index in [0.717, 1.165) is 19.1 Å². The van der Waals surface area contributed by atoms with Crippen molar-refractivity contribution in [2.45, 2.75) is 25.8 Å². The Balaban J connectivity index is 2.28. The lowest BCUT2D eigenvalue weighted by molar-refractivity contribution is 0.105. The third-order valence-electron chi connectivity index (χ3n) is 3.32. The van der Waals surface area contributed by atoms with Crippen molar-refractivity contribution in [3.8, 4) is 0 Å². The summed E-state index contributed by atoms with van der Waals surface area (Å²) in [6.07, 6.45) is 2.70. The molecule has 1 saturated heterocycles. The normalized spacial score (nSPS) is 26.4. The van der Waals surface area contributed by atoms with Gasteiger partial charge in [-0.05, 0) is 39.3 Å². The number of likely N-dealkylation sites (tertiary alicyclic amines) is 1. The van der Waals surface area contributed by atoms with E-state index in [4.69, 9.17) is 4.74 Å². The van der Waals surface area contributed by atoms with Crippen molar-refractivity contribution in [3.63, 3.8) is 0 Å². The molecule has 0 aliphatic carbocycles. The van der Waals surface area contributed by atoms with Crippen LogP contribution >= 0.6 is 0 Å². The van der Waals surface area contributed by atoms with Gasteiger partial charge < -0.3 is 15.0 Å². The lowest BCUT2D eigenvalue weighted by atomic mass is 9.92. The molecular weight excluding hydrogens is 176 g/mol. The summed E-state index contributed by atoms with van der Waals surface area (Å²) in [5, 5.41) is 3.35. The molecule has 1 N–H and O–H groups in total. The molecule has 2 unspecified atom stereocenters. The molecule has 2 atom stereocenters. The van der Waals surface area contributed by atoms with Crippen LogP contribution in [0.4, 0.5) is 0 Å². The SMILES string of the molecule is CNC(C)C1CCCN(CCOC)C1. The van der Waals surface area contributed by atoms with E-state index in [1.54, 1.807) is 7.11 Å². The van der Waals surface area contributed by atoms with Crippen LogP contribution in [0.1, 0.15) is 19.8 Å². The van der Waals surface area contributed by atoms with Crippen LogP contribution in [0.3, 0.4) is 0 Å². The third-order valence-corrected chi connectivity index (χ3v) is 3.32. The molecule has 3 heteroatoms. The first-order valence-corrected chi connectivity index (χ1v) is 5.66. The van der Waals surface area contributed by atoms with E-state index in [-0.39, 0.29) is 0 Å². The van der Waals surface area contributed by atoms with E-state index in [0.29, 0.717) is 6.04 Å². The van der Waals surface area contributed by atoms with Crippen molar-refractivity contribution < 1.29 is 4.74 Å². The van der Waals surface area contributed by atoms with Crippen molar-refractivity contribution in [1.82, 2.24) is 10.2 Å². The number of nitrogens with one attached hydrogen (secondary N) is 1. The van der Waals surface area contributed by atoms with Crippen LogP contribution in [0.25, 0.3) is 0 Å². The van der Waals surface area contributed by atoms with Crippen molar-refractivity contribution in [2.24, 2.45) is 5.92 Å². The summed E-state index contributed by atoms with van der Waals surface area (Å²) in [5.41, 5.74) is 0. The van der Waals surface area contributed by atoms with Gasteiger partial charge in [0.05, 0.1) is 6.61 Å². The first kappa shape index (κ1) is 12.0. The highest BCUT2D eigenvalue weighted by Gasteiger charge is 2.23. The number of hydrogen-bond donors (Lipinski definition) is 1. The lowest BCUT2D eigenvalue weighted by Crippen LogP contribution is -2.44. The van der Waals surface area contributed by atoms with Crippen LogP contribution in [0.5, 0.6) is 0 Å². The van der Waals surface area contributed by atoms with Gasteiger partial charge in [0.2, 0.25) is 0 Å². The van der Waals surface area contributed by atoms with Gasteiger partial charge in [-0.3, -0.25) is 0 Å². The van der Waals surface area contributed by atoms with Gasteiger partial charge in [-0.2, -0.15) is 0 Å². The molecule has 3 nitrogen and oxygen atoms in total. The smallest absolute Gasteiger partial charge is 0.0589 e.